The molecule has 0 N–H and O–H groups in total. The van der Waals surface area contributed by atoms with Crippen molar-refractivity contribution in [3.8, 4) is 0 Å². The summed E-state index contributed by atoms with van der Waals surface area (Å²) in [5.74, 6) is -0.722. The zero-order chi connectivity index (χ0) is 17.5. The monoisotopic (exact) mass is 332 g/mol. The zero-order valence-electron chi connectivity index (χ0n) is 15.0. The van der Waals surface area contributed by atoms with E-state index in [0.717, 1.165) is 32.1 Å². The van der Waals surface area contributed by atoms with Crippen molar-refractivity contribution in [2.75, 3.05) is 0 Å². The molecule has 4 heteroatoms. The molecule has 132 valence electrons. The Bertz CT molecular complexity index is 590. The molecule has 2 saturated heterocycles. The second-order valence-electron chi connectivity index (χ2n) is 7.90. The summed E-state index contributed by atoms with van der Waals surface area (Å²) in [6, 6.07) is 0. The fourth-order valence-corrected chi connectivity index (χ4v) is 3.99. The van der Waals surface area contributed by atoms with Gasteiger partial charge in [-0.25, -0.2) is 4.79 Å². The molecule has 4 nitrogen and oxygen atoms in total. The van der Waals surface area contributed by atoms with E-state index in [1.54, 1.807) is 0 Å². The van der Waals surface area contributed by atoms with Crippen LogP contribution in [0.1, 0.15) is 59.3 Å². The van der Waals surface area contributed by atoms with Gasteiger partial charge in [-0.2, -0.15) is 0 Å². The van der Waals surface area contributed by atoms with Gasteiger partial charge in [0.25, 0.3) is 0 Å². The molecular formula is C20H28O4. The maximum absolute atomic E-state index is 12.8. The van der Waals surface area contributed by atoms with Gasteiger partial charge >= 0.3 is 5.97 Å². The average Bonchev–Trinajstić information content (AvgIpc) is 3.08. The Hall–Kier alpha value is -1.42. The number of esters is 1. The van der Waals surface area contributed by atoms with Crippen LogP contribution in [0.15, 0.2) is 23.8 Å². The van der Waals surface area contributed by atoms with E-state index in [4.69, 9.17) is 9.47 Å². The van der Waals surface area contributed by atoms with E-state index in [9.17, 15) is 9.59 Å². The first-order valence-electron chi connectivity index (χ1n) is 9.09. The number of ether oxygens (including phenoxy) is 2. The highest BCUT2D eigenvalue weighted by Crippen LogP contribution is 2.47. The van der Waals surface area contributed by atoms with Crippen molar-refractivity contribution in [3.63, 3.8) is 0 Å². The molecule has 5 atom stereocenters. The summed E-state index contributed by atoms with van der Waals surface area (Å²) in [4.78, 5) is 24.8. The molecule has 2 fully saturated rings. The summed E-state index contributed by atoms with van der Waals surface area (Å²) in [7, 11) is 0. The summed E-state index contributed by atoms with van der Waals surface area (Å²) >= 11 is 0. The fourth-order valence-electron chi connectivity index (χ4n) is 3.99. The van der Waals surface area contributed by atoms with Crippen LogP contribution in [0.4, 0.5) is 0 Å². The molecule has 1 aliphatic carbocycles. The molecule has 0 aromatic rings. The van der Waals surface area contributed by atoms with E-state index in [1.165, 1.54) is 5.57 Å². The van der Waals surface area contributed by atoms with Crippen molar-refractivity contribution in [2.45, 2.75) is 77.1 Å². The van der Waals surface area contributed by atoms with Crippen LogP contribution in [0.3, 0.4) is 0 Å². The molecule has 3 rings (SSSR count). The molecule has 0 aromatic heterocycles. The molecule has 0 radical (unpaired) electrons. The van der Waals surface area contributed by atoms with E-state index in [1.807, 2.05) is 6.92 Å². The van der Waals surface area contributed by atoms with Crippen molar-refractivity contribution in [2.24, 2.45) is 11.8 Å². The number of hydrogen-bond acceptors (Lipinski definition) is 4. The molecule has 0 amide bonds. The molecule has 24 heavy (non-hydrogen) atoms. The highest BCUT2D eigenvalue weighted by Gasteiger charge is 2.55. The summed E-state index contributed by atoms with van der Waals surface area (Å²) in [5, 5.41) is 0. The lowest BCUT2D eigenvalue weighted by Gasteiger charge is -2.20. The highest BCUT2D eigenvalue weighted by molar-refractivity contribution is 5.98. The van der Waals surface area contributed by atoms with Crippen LogP contribution in [0.2, 0.25) is 0 Å². The normalized spacial score (nSPS) is 43.1. The van der Waals surface area contributed by atoms with Gasteiger partial charge in [0.05, 0.1) is 11.7 Å². The summed E-state index contributed by atoms with van der Waals surface area (Å²) in [6.45, 7) is 10.1. The van der Waals surface area contributed by atoms with Crippen LogP contribution in [0, 0.1) is 11.8 Å². The van der Waals surface area contributed by atoms with Crippen LogP contribution in [0.5, 0.6) is 0 Å². The predicted molar refractivity (Wildman–Crippen MR) is 91.4 cm³/mol. The predicted octanol–water partition coefficient (Wildman–Crippen LogP) is 3.75. The minimum atomic E-state index is -0.673. The Morgan fingerprint density at radius 3 is 2.83 bits per heavy atom. The number of rotatable bonds is 0. The van der Waals surface area contributed by atoms with Gasteiger partial charge in [0, 0.05) is 17.4 Å². The first-order valence-corrected chi connectivity index (χ1v) is 9.09. The largest absolute Gasteiger partial charge is 0.450 e. The van der Waals surface area contributed by atoms with Gasteiger partial charge in [-0.1, -0.05) is 25.2 Å². The minimum absolute atomic E-state index is 0.0352. The van der Waals surface area contributed by atoms with Gasteiger partial charge < -0.3 is 9.47 Å². The SMILES string of the molecule is C=C1C(=O)O[C@H]2C(=O)[C@@H](C)CCC/C(C)=C/CC[C@]3(C)O[C@H]3C[C@H]12. The van der Waals surface area contributed by atoms with Crippen molar-refractivity contribution < 1.29 is 19.1 Å². The topological polar surface area (TPSA) is 55.9 Å². The van der Waals surface area contributed by atoms with Crippen LogP contribution < -0.4 is 0 Å². The second-order valence-corrected chi connectivity index (χ2v) is 7.90. The number of ketones is 1. The standard InChI is InChI=1S/C20H28O4/c1-12-7-5-9-13(2)17(21)18-15(14(3)19(22)23-18)11-16-20(4,24-16)10-6-8-12/h8,13,15-16,18H,3,5-7,9-11H2,1-2,4H3/b12-8+/t13-,15+,16-,18+,20-/m0/s1. The molecule has 0 spiro atoms. The Morgan fingerprint density at radius 1 is 1.33 bits per heavy atom. The fraction of sp³-hybridized carbons (Fsp3) is 0.700. The summed E-state index contributed by atoms with van der Waals surface area (Å²) in [5.41, 5.74) is 1.67. The van der Waals surface area contributed by atoms with Gasteiger partial charge in [0.2, 0.25) is 0 Å². The molecule has 2 aliphatic heterocycles. The van der Waals surface area contributed by atoms with Crippen molar-refractivity contribution >= 4 is 11.8 Å². The molecule has 0 bridgehead atoms. The quantitative estimate of drug-likeness (QED) is 0.293. The minimum Gasteiger partial charge on any atom is -0.450 e. The molecule has 0 saturated carbocycles. The van der Waals surface area contributed by atoms with E-state index >= 15 is 0 Å². The number of hydrogen-bond donors (Lipinski definition) is 0. The maximum atomic E-state index is 12.8. The van der Waals surface area contributed by atoms with Crippen molar-refractivity contribution in [1.82, 2.24) is 0 Å². The van der Waals surface area contributed by atoms with Crippen molar-refractivity contribution in [1.29, 1.82) is 0 Å². The Balaban J connectivity index is 1.81. The van der Waals surface area contributed by atoms with Crippen LogP contribution in [0.25, 0.3) is 0 Å². The van der Waals surface area contributed by atoms with Crippen LogP contribution in [-0.4, -0.2) is 29.6 Å². The number of allylic oxidation sites excluding steroid dienone is 2. The lowest BCUT2D eigenvalue weighted by atomic mass is 9.82. The third-order valence-corrected chi connectivity index (χ3v) is 5.92. The number of carbonyl (C=O) groups excluding carboxylic acids is 2. The molecule has 2 heterocycles. The second kappa shape index (κ2) is 6.47. The van der Waals surface area contributed by atoms with E-state index < -0.39 is 12.1 Å². The average molecular weight is 332 g/mol. The van der Waals surface area contributed by atoms with Crippen LogP contribution >= 0.6 is 0 Å². The third kappa shape index (κ3) is 3.34. The van der Waals surface area contributed by atoms with E-state index in [0.29, 0.717) is 12.0 Å². The third-order valence-electron chi connectivity index (χ3n) is 5.92. The molecular weight excluding hydrogens is 304 g/mol. The Kier molecular flexibility index (Phi) is 4.69. The lowest BCUT2D eigenvalue weighted by Crippen LogP contribution is -2.33. The van der Waals surface area contributed by atoms with Gasteiger partial charge in [-0.15, -0.1) is 0 Å². The van der Waals surface area contributed by atoms with Gasteiger partial charge in [0.15, 0.2) is 11.9 Å². The number of carbonyl (C=O) groups is 2. The summed E-state index contributed by atoms with van der Waals surface area (Å²) < 4.78 is 11.3. The first kappa shape index (κ1) is 17.4. The van der Waals surface area contributed by atoms with Crippen molar-refractivity contribution in [3.05, 3.63) is 23.8 Å². The van der Waals surface area contributed by atoms with Gasteiger partial charge in [-0.3, -0.25) is 4.79 Å². The molecule has 3 aliphatic rings. The van der Waals surface area contributed by atoms with E-state index in [2.05, 4.69) is 26.5 Å². The van der Waals surface area contributed by atoms with Gasteiger partial charge in [-0.05, 0) is 52.4 Å². The Labute approximate surface area is 144 Å². The lowest BCUT2D eigenvalue weighted by molar-refractivity contribution is -0.148. The highest BCUT2D eigenvalue weighted by atomic mass is 16.6. The number of fused-ring (bicyclic) bond motifs is 2. The van der Waals surface area contributed by atoms with Crippen LogP contribution in [-0.2, 0) is 19.1 Å². The van der Waals surface area contributed by atoms with E-state index in [-0.39, 0.29) is 29.3 Å². The van der Waals surface area contributed by atoms with Gasteiger partial charge in [0.1, 0.15) is 0 Å². The smallest absolute Gasteiger partial charge is 0.334 e. The summed E-state index contributed by atoms with van der Waals surface area (Å²) in [6.07, 6.45) is 7.16. The molecule has 0 aromatic carbocycles. The molecule has 0 unspecified atom stereocenters. The Morgan fingerprint density at radius 2 is 2.08 bits per heavy atom. The first-order chi connectivity index (χ1) is 11.3. The number of Topliss-reactive ketones (excluding diaryl/α,β-unsaturated/α-hetero) is 1. The maximum Gasteiger partial charge on any atom is 0.334 e. The zero-order valence-corrected chi connectivity index (χ0v) is 15.0. The number of epoxide rings is 1.